The number of morpholine rings is 1. The summed E-state index contributed by atoms with van der Waals surface area (Å²) in [5.74, 6) is 1.66. The van der Waals surface area contributed by atoms with Crippen LogP contribution < -0.4 is 4.74 Å². The molecular weight excluding hydrogens is 342 g/mol. The summed E-state index contributed by atoms with van der Waals surface area (Å²) >= 11 is 0. The molecule has 0 N–H and O–H groups in total. The number of benzene rings is 2. The first-order chi connectivity index (χ1) is 13.2. The molecule has 0 radical (unpaired) electrons. The van der Waals surface area contributed by atoms with Crippen LogP contribution in [0.3, 0.4) is 0 Å². The van der Waals surface area contributed by atoms with Crippen molar-refractivity contribution in [1.82, 2.24) is 14.5 Å². The van der Waals surface area contributed by atoms with Gasteiger partial charge in [0.25, 0.3) is 0 Å². The summed E-state index contributed by atoms with van der Waals surface area (Å²) in [4.78, 5) is 19.3. The summed E-state index contributed by atoms with van der Waals surface area (Å²) in [7, 11) is 0. The molecule has 140 valence electrons. The molecule has 2 heterocycles. The van der Waals surface area contributed by atoms with E-state index < -0.39 is 0 Å². The van der Waals surface area contributed by atoms with Crippen molar-refractivity contribution in [3.63, 3.8) is 0 Å². The molecule has 0 unspecified atom stereocenters. The van der Waals surface area contributed by atoms with Crippen LogP contribution in [0.5, 0.6) is 5.75 Å². The maximum absolute atomic E-state index is 12.8. The Labute approximate surface area is 158 Å². The van der Waals surface area contributed by atoms with Gasteiger partial charge in [0.05, 0.1) is 24.2 Å². The highest BCUT2D eigenvalue weighted by Gasteiger charge is 2.20. The minimum absolute atomic E-state index is 0.0820. The van der Waals surface area contributed by atoms with Gasteiger partial charge >= 0.3 is 0 Å². The lowest BCUT2D eigenvalue weighted by Gasteiger charge is -2.27. The Morgan fingerprint density at radius 1 is 1.11 bits per heavy atom. The third-order valence-corrected chi connectivity index (χ3v) is 4.84. The number of carbonyl (C=O) groups excluding carboxylic acids is 1. The molecule has 1 aliphatic rings. The molecule has 2 aromatic carbocycles. The number of nitrogens with zero attached hydrogens (tertiary/aromatic N) is 3. The zero-order chi connectivity index (χ0) is 18.6. The van der Waals surface area contributed by atoms with Gasteiger partial charge in [-0.05, 0) is 30.7 Å². The highest BCUT2D eigenvalue weighted by Crippen LogP contribution is 2.21. The number of ether oxygens (including phenoxy) is 2. The van der Waals surface area contributed by atoms with Crippen molar-refractivity contribution in [3.05, 3.63) is 59.9 Å². The Morgan fingerprint density at radius 2 is 1.85 bits per heavy atom. The highest BCUT2D eigenvalue weighted by molar-refractivity contribution is 5.81. The number of fused-ring (bicyclic) bond motifs is 1. The molecule has 4 rings (SSSR count). The smallest absolute Gasteiger partial charge is 0.242 e. The summed E-state index contributed by atoms with van der Waals surface area (Å²) in [6.45, 7) is 5.06. The Bertz CT molecular complexity index is 945. The zero-order valence-electron chi connectivity index (χ0n) is 15.4. The van der Waals surface area contributed by atoms with Crippen molar-refractivity contribution in [3.8, 4) is 5.75 Å². The Hall–Kier alpha value is -2.86. The molecule has 1 aliphatic heterocycles. The fraction of sp³-hybridized carbons (Fsp3) is 0.333. The van der Waals surface area contributed by atoms with Gasteiger partial charge < -0.3 is 18.9 Å². The molecule has 0 bridgehead atoms. The average molecular weight is 365 g/mol. The van der Waals surface area contributed by atoms with Gasteiger partial charge in [-0.3, -0.25) is 4.79 Å². The number of imidazole rings is 1. The van der Waals surface area contributed by atoms with E-state index in [4.69, 9.17) is 14.5 Å². The lowest BCUT2D eigenvalue weighted by molar-refractivity contribution is -0.135. The average Bonchev–Trinajstić information content (AvgIpc) is 3.05. The van der Waals surface area contributed by atoms with E-state index in [1.165, 1.54) is 0 Å². The molecule has 1 saturated heterocycles. The number of aryl methyl sites for hydroxylation is 1. The fourth-order valence-corrected chi connectivity index (χ4v) is 3.32. The summed E-state index contributed by atoms with van der Waals surface area (Å²) in [6, 6.07) is 15.8. The lowest BCUT2D eigenvalue weighted by atomic mass is 10.2. The number of hydrogen-bond acceptors (Lipinski definition) is 4. The first kappa shape index (κ1) is 17.5. The van der Waals surface area contributed by atoms with Crippen LogP contribution in [0.15, 0.2) is 48.5 Å². The molecule has 1 amide bonds. The van der Waals surface area contributed by atoms with Crippen molar-refractivity contribution in [2.75, 3.05) is 26.3 Å². The predicted octanol–water partition coefficient (Wildman–Crippen LogP) is 2.78. The molecule has 1 fully saturated rings. The molecule has 0 spiro atoms. The monoisotopic (exact) mass is 365 g/mol. The minimum atomic E-state index is 0.0820. The van der Waals surface area contributed by atoms with E-state index in [0.717, 1.165) is 28.2 Å². The van der Waals surface area contributed by atoms with Gasteiger partial charge in [0.1, 0.15) is 24.7 Å². The van der Waals surface area contributed by atoms with Gasteiger partial charge in [0.2, 0.25) is 5.91 Å². The number of rotatable bonds is 5. The molecular formula is C21H23N3O3. The van der Waals surface area contributed by atoms with Gasteiger partial charge in [-0.2, -0.15) is 0 Å². The van der Waals surface area contributed by atoms with Gasteiger partial charge in [-0.25, -0.2) is 4.98 Å². The van der Waals surface area contributed by atoms with Crippen LogP contribution >= 0.6 is 0 Å². The topological polar surface area (TPSA) is 56.6 Å². The molecule has 3 aromatic rings. The van der Waals surface area contributed by atoms with E-state index in [1.807, 2.05) is 64.9 Å². The summed E-state index contributed by atoms with van der Waals surface area (Å²) in [5.41, 5.74) is 2.89. The van der Waals surface area contributed by atoms with E-state index in [1.54, 1.807) is 0 Å². The third-order valence-electron chi connectivity index (χ3n) is 4.84. The van der Waals surface area contributed by atoms with Crippen LogP contribution in [0.2, 0.25) is 0 Å². The number of amides is 1. The largest absolute Gasteiger partial charge is 0.485 e. The highest BCUT2D eigenvalue weighted by atomic mass is 16.5. The SMILES string of the molecule is Cc1ccccc1OCc1nc2ccccc2n1CC(=O)N1CCOCC1. The molecule has 1 aromatic heterocycles. The number of hydrogen-bond donors (Lipinski definition) is 0. The van der Waals surface area contributed by atoms with Crippen LogP contribution in [-0.2, 0) is 22.7 Å². The first-order valence-electron chi connectivity index (χ1n) is 9.20. The van der Waals surface area contributed by atoms with Crippen molar-refractivity contribution in [2.24, 2.45) is 0 Å². The Morgan fingerprint density at radius 3 is 2.67 bits per heavy atom. The van der Waals surface area contributed by atoms with Gasteiger partial charge in [0, 0.05) is 13.1 Å². The van der Waals surface area contributed by atoms with Crippen molar-refractivity contribution in [2.45, 2.75) is 20.1 Å². The molecule has 0 atom stereocenters. The van der Waals surface area contributed by atoms with Crippen molar-refractivity contribution >= 4 is 16.9 Å². The van der Waals surface area contributed by atoms with Gasteiger partial charge in [-0.15, -0.1) is 0 Å². The fourth-order valence-electron chi connectivity index (χ4n) is 3.32. The summed E-state index contributed by atoms with van der Waals surface area (Å²) < 4.78 is 13.3. The minimum Gasteiger partial charge on any atom is -0.485 e. The molecule has 6 nitrogen and oxygen atoms in total. The zero-order valence-corrected chi connectivity index (χ0v) is 15.4. The van der Waals surface area contributed by atoms with Crippen LogP contribution in [0.25, 0.3) is 11.0 Å². The normalized spacial score (nSPS) is 14.5. The van der Waals surface area contributed by atoms with E-state index in [2.05, 4.69) is 0 Å². The van der Waals surface area contributed by atoms with E-state index in [9.17, 15) is 4.79 Å². The van der Waals surface area contributed by atoms with Crippen LogP contribution in [0.4, 0.5) is 0 Å². The maximum atomic E-state index is 12.8. The van der Waals surface area contributed by atoms with Gasteiger partial charge in [-0.1, -0.05) is 30.3 Å². The number of carbonyl (C=O) groups is 1. The molecule has 0 aliphatic carbocycles. The van der Waals surface area contributed by atoms with Crippen molar-refractivity contribution in [1.29, 1.82) is 0 Å². The van der Waals surface area contributed by atoms with E-state index >= 15 is 0 Å². The van der Waals surface area contributed by atoms with Crippen molar-refractivity contribution < 1.29 is 14.3 Å². The lowest BCUT2D eigenvalue weighted by Crippen LogP contribution is -2.42. The number of para-hydroxylation sites is 3. The van der Waals surface area contributed by atoms with Crippen LogP contribution in [-0.4, -0.2) is 46.7 Å². The summed E-state index contributed by atoms with van der Waals surface area (Å²) in [5, 5.41) is 0. The standard InChI is InChI=1S/C21H23N3O3/c1-16-6-2-5-9-19(16)27-15-20-22-17-7-3-4-8-18(17)24(20)14-21(25)23-10-12-26-13-11-23/h2-9H,10-15H2,1H3. The summed E-state index contributed by atoms with van der Waals surface area (Å²) in [6.07, 6.45) is 0. The quantitative estimate of drug-likeness (QED) is 0.698. The molecule has 0 saturated carbocycles. The second-order valence-corrected chi connectivity index (χ2v) is 6.65. The predicted molar refractivity (Wildman–Crippen MR) is 103 cm³/mol. The second kappa shape index (κ2) is 7.80. The van der Waals surface area contributed by atoms with Crippen LogP contribution in [0, 0.1) is 6.92 Å². The second-order valence-electron chi connectivity index (χ2n) is 6.65. The van der Waals surface area contributed by atoms with Gasteiger partial charge in [0.15, 0.2) is 0 Å². The molecule has 6 heteroatoms. The number of aromatic nitrogens is 2. The first-order valence-corrected chi connectivity index (χ1v) is 9.20. The van der Waals surface area contributed by atoms with E-state index in [-0.39, 0.29) is 12.5 Å². The van der Waals surface area contributed by atoms with E-state index in [0.29, 0.717) is 32.9 Å². The van der Waals surface area contributed by atoms with Crippen LogP contribution in [0.1, 0.15) is 11.4 Å². The maximum Gasteiger partial charge on any atom is 0.242 e. The Balaban J connectivity index is 1.59. The Kier molecular flexibility index (Phi) is 5.07. The molecule has 27 heavy (non-hydrogen) atoms. The third kappa shape index (κ3) is 3.80.